The van der Waals surface area contributed by atoms with Gasteiger partial charge in [0.1, 0.15) is 18.2 Å². The van der Waals surface area contributed by atoms with Crippen LogP contribution < -0.4 is 4.74 Å². The predicted molar refractivity (Wildman–Crippen MR) is 66.7 cm³/mol. The van der Waals surface area contributed by atoms with Crippen molar-refractivity contribution in [2.24, 2.45) is 0 Å². The van der Waals surface area contributed by atoms with Crippen LogP contribution in [0, 0.1) is 5.82 Å². The lowest BCUT2D eigenvalue weighted by Crippen LogP contribution is -2.22. The normalized spacial score (nSPS) is 21.2. The summed E-state index contributed by atoms with van der Waals surface area (Å²) in [4.78, 5) is 2.34. The Morgan fingerprint density at radius 1 is 1.41 bits per heavy atom. The van der Waals surface area contributed by atoms with Gasteiger partial charge >= 0.3 is 0 Å². The summed E-state index contributed by atoms with van der Waals surface area (Å²) in [6, 6.07) is 6.65. The van der Waals surface area contributed by atoms with E-state index in [1.54, 1.807) is 12.1 Å². The standard InChI is InChI=1S/C14H18FNO/c1-16-10-2-4-13(16)5-3-11-17-14-8-6-12(15)7-9-14/h3,5-9,13H,2,4,10-11H2,1H3/b5-3+/t13-/m1/s1. The quantitative estimate of drug-likeness (QED) is 0.744. The van der Waals surface area contributed by atoms with E-state index >= 15 is 0 Å². The number of hydrogen-bond acceptors (Lipinski definition) is 2. The number of halogens is 1. The SMILES string of the molecule is CN1CCC[C@@H]1/C=C/COc1ccc(F)cc1. The lowest BCUT2D eigenvalue weighted by Gasteiger charge is -2.14. The number of benzene rings is 1. The first-order chi connectivity index (χ1) is 8.25. The molecule has 92 valence electrons. The van der Waals surface area contributed by atoms with Gasteiger partial charge in [-0.1, -0.05) is 6.08 Å². The van der Waals surface area contributed by atoms with E-state index in [-0.39, 0.29) is 5.82 Å². The average Bonchev–Trinajstić information content (AvgIpc) is 2.73. The van der Waals surface area contributed by atoms with Crippen molar-refractivity contribution >= 4 is 0 Å². The summed E-state index contributed by atoms with van der Waals surface area (Å²) >= 11 is 0. The van der Waals surface area contributed by atoms with Crippen molar-refractivity contribution in [3.63, 3.8) is 0 Å². The molecule has 17 heavy (non-hydrogen) atoms. The Balaban J connectivity index is 1.75. The van der Waals surface area contributed by atoms with Gasteiger partial charge in [0.15, 0.2) is 0 Å². The van der Waals surface area contributed by atoms with Crippen LogP contribution in [-0.2, 0) is 0 Å². The second-order valence-electron chi connectivity index (χ2n) is 4.38. The van der Waals surface area contributed by atoms with Crippen LogP contribution in [0.15, 0.2) is 36.4 Å². The predicted octanol–water partition coefficient (Wildman–Crippen LogP) is 2.85. The minimum Gasteiger partial charge on any atom is -0.490 e. The molecule has 1 aliphatic rings. The smallest absolute Gasteiger partial charge is 0.123 e. The van der Waals surface area contributed by atoms with Gasteiger partial charge in [-0.15, -0.1) is 0 Å². The van der Waals surface area contributed by atoms with Crippen LogP contribution in [-0.4, -0.2) is 31.1 Å². The molecule has 0 spiro atoms. The van der Waals surface area contributed by atoms with Gasteiger partial charge in [0.05, 0.1) is 0 Å². The molecule has 0 amide bonds. The van der Waals surface area contributed by atoms with E-state index in [9.17, 15) is 4.39 Å². The van der Waals surface area contributed by atoms with Crippen molar-refractivity contribution in [1.29, 1.82) is 0 Å². The summed E-state index contributed by atoms with van der Waals surface area (Å²) < 4.78 is 18.1. The molecule has 1 saturated heterocycles. The molecule has 0 radical (unpaired) electrons. The maximum atomic E-state index is 12.6. The highest BCUT2D eigenvalue weighted by Gasteiger charge is 2.17. The molecule has 0 saturated carbocycles. The van der Waals surface area contributed by atoms with Gasteiger partial charge in [-0.25, -0.2) is 4.39 Å². The first-order valence-corrected chi connectivity index (χ1v) is 6.01. The molecule has 1 aromatic carbocycles. The fraction of sp³-hybridized carbons (Fsp3) is 0.429. The molecule has 1 heterocycles. The molecule has 0 aliphatic carbocycles. The third kappa shape index (κ3) is 3.56. The Morgan fingerprint density at radius 3 is 2.82 bits per heavy atom. The lowest BCUT2D eigenvalue weighted by molar-refractivity contribution is 0.346. The van der Waals surface area contributed by atoms with Gasteiger partial charge in [0.25, 0.3) is 0 Å². The molecule has 1 aromatic rings. The summed E-state index contributed by atoms with van der Waals surface area (Å²) in [5.41, 5.74) is 0. The maximum absolute atomic E-state index is 12.6. The molecule has 0 aromatic heterocycles. The molecule has 0 N–H and O–H groups in total. The molecule has 1 atom stereocenters. The Kier molecular flexibility index (Phi) is 4.15. The first-order valence-electron chi connectivity index (χ1n) is 6.01. The van der Waals surface area contributed by atoms with Crippen LogP contribution in [0.2, 0.25) is 0 Å². The zero-order valence-electron chi connectivity index (χ0n) is 10.1. The number of nitrogens with zero attached hydrogens (tertiary/aromatic N) is 1. The zero-order chi connectivity index (χ0) is 12.1. The Bertz CT molecular complexity index is 374. The molecule has 2 rings (SSSR count). The molecular formula is C14H18FNO. The van der Waals surface area contributed by atoms with Crippen LogP contribution in [0.5, 0.6) is 5.75 Å². The summed E-state index contributed by atoms with van der Waals surface area (Å²) in [5, 5.41) is 0. The molecule has 0 unspecified atom stereocenters. The molecule has 1 fully saturated rings. The van der Waals surface area contributed by atoms with E-state index in [1.165, 1.54) is 31.5 Å². The highest BCUT2D eigenvalue weighted by Crippen LogP contribution is 2.16. The highest BCUT2D eigenvalue weighted by atomic mass is 19.1. The van der Waals surface area contributed by atoms with Crippen molar-refractivity contribution in [3.8, 4) is 5.75 Å². The number of likely N-dealkylation sites (tertiary alicyclic amines) is 1. The van der Waals surface area contributed by atoms with E-state index in [0.29, 0.717) is 18.4 Å². The van der Waals surface area contributed by atoms with E-state index in [0.717, 1.165) is 0 Å². The van der Waals surface area contributed by atoms with Crippen molar-refractivity contribution in [2.75, 3.05) is 20.2 Å². The van der Waals surface area contributed by atoms with Crippen LogP contribution >= 0.6 is 0 Å². The monoisotopic (exact) mass is 235 g/mol. The highest BCUT2D eigenvalue weighted by molar-refractivity contribution is 5.22. The molecule has 1 aliphatic heterocycles. The topological polar surface area (TPSA) is 12.5 Å². The Labute approximate surface area is 102 Å². The largest absolute Gasteiger partial charge is 0.490 e. The number of likely N-dealkylation sites (N-methyl/N-ethyl adjacent to an activating group) is 1. The van der Waals surface area contributed by atoms with Crippen LogP contribution in [0.3, 0.4) is 0 Å². The van der Waals surface area contributed by atoms with E-state index in [1.807, 2.05) is 6.08 Å². The van der Waals surface area contributed by atoms with Gasteiger partial charge in [0.2, 0.25) is 0 Å². The molecule has 3 heteroatoms. The van der Waals surface area contributed by atoms with Crippen LogP contribution in [0.4, 0.5) is 4.39 Å². The number of hydrogen-bond donors (Lipinski definition) is 0. The zero-order valence-corrected chi connectivity index (χ0v) is 10.1. The average molecular weight is 235 g/mol. The van der Waals surface area contributed by atoms with Crippen LogP contribution in [0.1, 0.15) is 12.8 Å². The van der Waals surface area contributed by atoms with Crippen molar-refractivity contribution in [3.05, 3.63) is 42.2 Å². The minimum absolute atomic E-state index is 0.236. The number of ether oxygens (including phenoxy) is 1. The second kappa shape index (κ2) is 5.82. The third-order valence-electron chi connectivity index (χ3n) is 3.09. The van der Waals surface area contributed by atoms with Gasteiger partial charge < -0.3 is 4.74 Å². The van der Waals surface area contributed by atoms with E-state index in [2.05, 4.69) is 18.0 Å². The summed E-state index contributed by atoms with van der Waals surface area (Å²) in [6.07, 6.45) is 6.72. The first kappa shape index (κ1) is 12.1. The van der Waals surface area contributed by atoms with E-state index < -0.39 is 0 Å². The molecular weight excluding hydrogens is 217 g/mol. The van der Waals surface area contributed by atoms with Crippen molar-refractivity contribution in [2.45, 2.75) is 18.9 Å². The second-order valence-corrected chi connectivity index (χ2v) is 4.38. The fourth-order valence-electron chi connectivity index (χ4n) is 2.07. The Morgan fingerprint density at radius 2 is 2.18 bits per heavy atom. The third-order valence-corrected chi connectivity index (χ3v) is 3.09. The summed E-state index contributed by atoms with van der Waals surface area (Å²) in [6.45, 7) is 1.71. The van der Waals surface area contributed by atoms with Crippen LogP contribution in [0.25, 0.3) is 0 Å². The summed E-state index contributed by atoms with van der Waals surface area (Å²) in [5.74, 6) is 0.469. The van der Waals surface area contributed by atoms with Crippen molar-refractivity contribution < 1.29 is 9.13 Å². The summed E-state index contributed by atoms with van der Waals surface area (Å²) in [7, 11) is 2.14. The van der Waals surface area contributed by atoms with Gasteiger partial charge in [-0.05, 0) is 56.8 Å². The molecule has 2 nitrogen and oxygen atoms in total. The fourth-order valence-corrected chi connectivity index (χ4v) is 2.07. The van der Waals surface area contributed by atoms with Gasteiger partial charge in [-0.3, -0.25) is 4.90 Å². The van der Waals surface area contributed by atoms with Gasteiger partial charge in [0, 0.05) is 6.04 Å². The van der Waals surface area contributed by atoms with E-state index in [4.69, 9.17) is 4.74 Å². The maximum Gasteiger partial charge on any atom is 0.123 e. The van der Waals surface area contributed by atoms with Gasteiger partial charge in [-0.2, -0.15) is 0 Å². The lowest BCUT2D eigenvalue weighted by atomic mass is 10.2. The number of rotatable bonds is 4. The minimum atomic E-state index is -0.236. The van der Waals surface area contributed by atoms with Crippen molar-refractivity contribution in [1.82, 2.24) is 4.90 Å². The Hall–Kier alpha value is -1.35. The molecule has 0 bridgehead atoms.